The first-order valence-electron chi connectivity index (χ1n) is 7.71. The molecule has 1 aromatic carbocycles. The summed E-state index contributed by atoms with van der Waals surface area (Å²) in [5.74, 6) is -0.427. The van der Waals surface area contributed by atoms with Gasteiger partial charge in [-0.1, -0.05) is 30.3 Å². The van der Waals surface area contributed by atoms with Gasteiger partial charge in [0.1, 0.15) is 18.2 Å². The van der Waals surface area contributed by atoms with Gasteiger partial charge in [-0.15, -0.1) is 0 Å². The molecule has 0 fully saturated rings. The van der Waals surface area contributed by atoms with Crippen LogP contribution in [0.15, 0.2) is 30.3 Å². The second-order valence-corrected chi connectivity index (χ2v) is 6.27. The largest absolute Gasteiger partial charge is 0.459 e. The SMILES string of the molecule is CC(C)(C)OC(=O)[C@@H](N)CCCNC(=O)OCc1ccccc1. The van der Waals surface area contributed by atoms with Crippen LogP contribution in [-0.4, -0.2) is 30.3 Å². The summed E-state index contributed by atoms with van der Waals surface area (Å²) in [6, 6.07) is 8.75. The number of benzene rings is 1. The van der Waals surface area contributed by atoms with Gasteiger partial charge in [0, 0.05) is 6.54 Å². The molecular weight excluding hydrogens is 296 g/mol. The molecule has 1 rings (SSSR count). The van der Waals surface area contributed by atoms with Gasteiger partial charge in [-0.05, 0) is 39.2 Å². The van der Waals surface area contributed by atoms with E-state index in [9.17, 15) is 9.59 Å². The predicted octanol–water partition coefficient (Wildman–Crippen LogP) is 2.36. The summed E-state index contributed by atoms with van der Waals surface area (Å²) in [7, 11) is 0. The van der Waals surface area contributed by atoms with Gasteiger partial charge in [0.25, 0.3) is 0 Å². The second kappa shape index (κ2) is 9.15. The van der Waals surface area contributed by atoms with Crippen molar-refractivity contribution < 1.29 is 19.1 Å². The Hall–Kier alpha value is -2.08. The number of esters is 1. The van der Waals surface area contributed by atoms with Gasteiger partial charge in [0.05, 0.1) is 0 Å². The maximum Gasteiger partial charge on any atom is 0.407 e. The maximum atomic E-state index is 11.7. The van der Waals surface area contributed by atoms with Gasteiger partial charge in [-0.3, -0.25) is 4.79 Å². The highest BCUT2D eigenvalue weighted by Crippen LogP contribution is 2.09. The Kier molecular flexibility index (Phi) is 7.54. The van der Waals surface area contributed by atoms with Crippen LogP contribution in [-0.2, 0) is 20.9 Å². The number of hydrogen-bond donors (Lipinski definition) is 2. The van der Waals surface area contributed by atoms with Gasteiger partial charge < -0.3 is 20.5 Å². The smallest absolute Gasteiger partial charge is 0.407 e. The van der Waals surface area contributed by atoms with Crippen molar-refractivity contribution in [2.75, 3.05) is 6.54 Å². The number of alkyl carbamates (subject to hydrolysis) is 1. The molecule has 23 heavy (non-hydrogen) atoms. The third-order valence-corrected chi connectivity index (χ3v) is 2.88. The molecule has 0 bridgehead atoms. The predicted molar refractivity (Wildman–Crippen MR) is 87.7 cm³/mol. The molecule has 0 heterocycles. The fourth-order valence-electron chi connectivity index (χ4n) is 1.78. The number of rotatable bonds is 7. The molecule has 1 aromatic rings. The summed E-state index contributed by atoms with van der Waals surface area (Å²) < 4.78 is 10.3. The van der Waals surface area contributed by atoms with Crippen LogP contribution in [0, 0.1) is 0 Å². The Bertz CT molecular complexity index is 497. The number of amides is 1. The highest BCUT2D eigenvalue weighted by molar-refractivity contribution is 5.75. The van der Waals surface area contributed by atoms with Crippen LogP contribution in [0.1, 0.15) is 39.2 Å². The zero-order chi connectivity index (χ0) is 17.3. The molecule has 0 aliphatic heterocycles. The van der Waals surface area contributed by atoms with Gasteiger partial charge >= 0.3 is 12.1 Å². The average molecular weight is 322 g/mol. The average Bonchev–Trinajstić information content (AvgIpc) is 2.48. The molecular formula is C17H26N2O4. The molecule has 0 spiro atoms. The number of nitrogens with two attached hydrogens (primary N) is 1. The highest BCUT2D eigenvalue weighted by Gasteiger charge is 2.21. The van der Waals surface area contributed by atoms with Gasteiger partial charge in [-0.2, -0.15) is 0 Å². The Balaban J connectivity index is 2.14. The molecule has 128 valence electrons. The lowest BCUT2D eigenvalue weighted by molar-refractivity contribution is -0.156. The van der Waals surface area contributed by atoms with E-state index in [4.69, 9.17) is 15.2 Å². The molecule has 6 nitrogen and oxygen atoms in total. The normalized spacial score (nSPS) is 12.3. The monoisotopic (exact) mass is 322 g/mol. The first kappa shape index (κ1) is 19.0. The zero-order valence-corrected chi connectivity index (χ0v) is 14.0. The minimum Gasteiger partial charge on any atom is -0.459 e. The molecule has 0 unspecified atom stereocenters. The minimum atomic E-state index is -0.684. The van der Waals surface area contributed by atoms with E-state index >= 15 is 0 Å². The summed E-state index contributed by atoms with van der Waals surface area (Å²) in [5.41, 5.74) is 6.14. The zero-order valence-electron chi connectivity index (χ0n) is 14.0. The van der Waals surface area contributed by atoms with E-state index < -0.39 is 23.7 Å². The second-order valence-electron chi connectivity index (χ2n) is 6.27. The molecule has 1 amide bonds. The lowest BCUT2D eigenvalue weighted by Crippen LogP contribution is -2.38. The molecule has 0 saturated carbocycles. The van der Waals surface area contributed by atoms with Crippen LogP contribution < -0.4 is 11.1 Å². The van der Waals surface area contributed by atoms with Crippen molar-refractivity contribution in [2.24, 2.45) is 5.73 Å². The van der Waals surface area contributed by atoms with Crippen LogP contribution in [0.4, 0.5) is 4.79 Å². The summed E-state index contributed by atoms with van der Waals surface area (Å²) >= 11 is 0. The quantitative estimate of drug-likeness (QED) is 0.594. The first-order valence-corrected chi connectivity index (χ1v) is 7.71. The van der Waals surface area contributed by atoms with Crippen LogP contribution in [0.5, 0.6) is 0 Å². The molecule has 1 atom stereocenters. The van der Waals surface area contributed by atoms with Gasteiger partial charge in [0.15, 0.2) is 0 Å². The van der Waals surface area contributed by atoms with Gasteiger partial charge in [0.2, 0.25) is 0 Å². The Labute approximate surface area is 137 Å². The van der Waals surface area contributed by atoms with Crippen molar-refractivity contribution in [1.82, 2.24) is 5.32 Å². The Morgan fingerprint density at radius 2 is 1.87 bits per heavy atom. The van der Waals surface area contributed by atoms with Gasteiger partial charge in [-0.25, -0.2) is 4.79 Å². The lowest BCUT2D eigenvalue weighted by atomic mass is 10.1. The minimum absolute atomic E-state index is 0.226. The number of carbonyl (C=O) groups excluding carboxylic acids is 2. The van der Waals surface area contributed by atoms with Crippen LogP contribution in [0.2, 0.25) is 0 Å². The van der Waals surface area contributed by atoms with E-state index in [2.05, 4.69) is 5.32 Å². The molecule has 0 aliphatic carbocycles. The molecule has 3 N–H and O–H groups in total. The fourth-order valence-corrected chi connectivity index (χ4v) is 1.78. The number of hydrogen-bond acceptors (Lipinski definition) is 5. The van der Waals surface area contributed by atoms with E-state index in [0.717, 1.165) is 5.56 Å². The van der Waals surface area contributed by atoms with Crippen molar-refractivity contribution in [2.45, 2.75) is 51.9 Å². The van der Waals surface area contributed by atoms with E-state index in [0.29, 0.717) is 19.4 Å². The van der Waals surface area contributed by atoms with Crippen molar-refractivity contribution in [3.8, 4) is 0 Å². The Morgan fingerprint density at radius 1 is 1.22 bits per heavy atom. The molecule has 0 aromatic heterocycles. The van der Waals surface area contributed by atoms with Crippen LogP contribution in [0.3, 0.4) is 0 Å². The highest BCUT2D eigenvalue weighted by atomic mass is 16.6. The maximum absolute atomic E-state index is 11.7. The topological polar surface area (TPSA) is 90.6 Å². The summed E-state index contributed by atoms with van der Waals surface area (Å²) in [5, 5.41) is 2.63. The van der Waals surface area contributed by atoms with E-state index in [1.807, 2.05) is 30.3 Å². The van der Waals surface area contributed by atoms with Crippen molar-refractivity contribution in [3.05, 3.63) is 35.9 Å². The molecule has 0 radical (unpaired) electrons. The summed E-state index contributed by atoms with van der Waals surface area (Å²) in [6.07, 6.45) is 0.522. The van der Waals surface area contributed by atoms with Crippen molar-refractivity contribution in [1.29, 1.82) is 0 Å². The standard InChI is InChI=1S/C17H26N2O4/c1-17(2,3)23-15(20)14(18)10-7-11-19-16(21)22-12-13-8-5-4-6-9-13/h4-6,8-9,14H,7,10-12,18H2,1-3H3,(H,19,21)/t14-/m0/s1. The first-order chi connectivity index (χ1) is 10.8. The summed E-state index contributed by atoms with van der Waals surface area (Å²) in [4.78, 5) is 23.2. The number of ether oxygens (including phenoxy) is 2. The van der Waals surface area contributed by atoms with E-state index in [1.54, 1.807) is 20.8 Å². The summed E-state index contributed by atoms with van der Waals surface area (Å²) in [6.45, 7) is 6.00. The fraction of sp³-hybridized carbons (Fsp3) is 0.529. The lowest BCUT2D eigenvalue weighted by Gasteiger charge is -2.22. The number of carbonyl (C=O) groups is 2. The Morgan fingerprint density at radius 3 is 2.48 bits per heavy atom. The van der Waals surface area contributed by atoms with Crippen LogP contribution >= 0.6 is 0 Å². The van der Waals surface area contributed by atoms with Crippen LogP contribution in [0.25, 0.3) is 0 Å². The molecule has 6 heteroatoms. The third kappa shape index (κ3) is 8.83. The van der Waals surface area contributed by atoms with Crippen molar-refractivity contribution >= 4 is 12.1 Å². The van der Waals surface area contributed by atoms with E-state index in [-0.39, 0.29) is 6.61 Å². The van der Waals surface area contributed by atoms with E-state index in [1.165, 1.54) is 0 Å². The third-order valence-electron chi connectivity index (χ3n) is 2.88. The number of nitrogens with one attached hydrogen (secondary N) is 1. The molecule has 0 aliphatic rings. The molecule has 0 saturated heterocycles. The van der Waals surface area contributed by atoms with Crippen molar-refractivity contribution in [3.63, 3.8) is 0 Å².